The number of carboxylic acids is 2. The van der Waals surface area contributed by atoms with Crippen molar-refractivity contribution in [2.45, 2.75) is 189 Å². The number of rotatable bonds is 22. The molecule has 12 atom stereocenters. The topological polar surface area (TPSA) is 459 Å². The van der Waals surface area contributed by atoms with E-state index in [1.165, 1.54) is 23.5 Å². The van der Waals surface area contributed by atoms with Crippen LogP contribution >= 0.6 is 35.3 Å². The lowest BCUT2D eigenvalue weighted by Crippen LogP contribution is -2.63. The zero-order valence-corrected chi connectivity index (χ0v) is 49.1. The van der Waals surface area contributed by atoms with Gasteiger partial charge in [-0.25, -0.2) is 0 Å². The maximum Gasteiger partial charge on any atom is 0.305 e. The summed E-state index contributed by atoms with van der Waals surface area (Å²) >= 11 is 3.54. The lowest BCUT2D eigenvalue weighted by Gasteiger charge is -2.34. The number of nitrogens with one attached hydrogen (secondary N) is 10. The van der Waals surface area contributed by atoms with Crippen molar-refractivity contribution < 1.29 is 69.3 Å². The van der Waals surface area contributed by atoms with Crippen molar-refractivity contribution in [3.05, 3.63) is 35.9 Å². The van der Waals surface area contributed by atoms with Gasteiger partial charge in [-0.1, -0.05) is 78.3 Å². The van der Waals surface area contributed by atoms with Crippen LogP contribution < -0.4 is 70.4 Å². The number of carboxylic acid groups (broad SMARTS) is 2. The molecule has 30 heteroatoms. The van der Waals surface area contributed by atoms with Crippen molar-refractivity contribution in [3.8, 4) is 0 Å². The van der Waals surface area contributed by atoms with Gasteiger partial charge < -0.3 is 79.5 Å². The maximum absolute atomic E-state index is 14.2. The Morgan fingerprint density at radius 1 is 0.688 bits per heavy atom. The van der Waals surface area contributed by atoms with E-state index in [1.807, 2.05) is 41.5 Å². The predicted molar refractivity (Wildman–Crippen MR) is 308 cm³/mol. The Morgan fingerprint density at radius 2 is 1.27 bits per heavy atom. The standard InChI is InChI=1S/C50H91N13O14S3/c1-49(2,3)79-25-34-46(76)59-29(16-13-19-55-48(52)53)41(71)56-23-37(65)57-31(21-39(67)68)44(74)63-35(26-80-50(4,5)6)47(77)60-30(20-28-14-9-7-10-15-28)43(73)61-33(42(72)54-18-12-8-11-17-36(51)64)24-78-27-38(66)58-32(22-40(69)70)45(75)62-34/h7,9-10,14-15,29-37,41,43,47-48,55-57,60-61,64-65,71,73,77H,8,11-13,16-27,51-53H2,1-6H3,(H,54,72)(H,58,66)(H,59,76)(H,62,75)(H,63,74)(H,67,68)(H,69,70)/t29-,30-,31-,32-,33-,34-,35-,36+,37-,41+,43+,47-/m0/s1. The number of thioether (sulfide) groups is 3. The third-order valence-electron chi connectivity index (χ3n) is 11.9. The Morgan fingerprint density at radius 3 is 1.89 bits per heavy atom. The first-order valence-electron chi connectivity index (χ1n) is 26.7. The zero-order valence-electron chi connectivity index (χ0n) is 46.7. The Hall–Kier alpha value is -3.96. The molecule has 80 heavy (non-hydrogen) atoms. The third-order valence-corrected chi connectivity index (χ3v) is 15.7. The SMILES string of the molecule is CC(C)(C)SC[C@@H]1NC(=O)[C@H](CC(=O)O)NC(=O)CSC[C@@H](C(=O)NCCCCC[C@H](N)O)N[C@H](O)[C@H](Cc2ccccc2)N[C@@H](O)[C@H](CSC(C)(C)C)NC(=O)[C@H](CC(=O)O)N[C@@H](O)CN[C@H](O)[C@H](CCCNC(N)N)NC1=O. The molecular formula is C50H91N13O14S3. The summed E-state index contributed by atoms with van der Waals surface area (Å²) in [4.78, 5) is 94.3. The maximum atomic E-state index is 14.2. The molecule has 0 radical (unpaired) electrons. The van der Waals surface area contributed by atoms with Crippen molar-refractivity contribution in [2.24, 2.45) is 17.2 Å². The van der Waals surface area contributed by atoms with E-state index in [0.717, 1.165) is 11.8 Å². The highest BCUT2D eigenvalue weighted by Crippen LogP contribution is 2.26. The smallest absolute Gasteiger partial charge is 0.305 e. The average Bonchev–Trinajstić information content (AvgIpc) is 3.35. The normalized spacial score (nSPS) is 26.7. The summed E-state index contributed by atoms with van der Waals surface area (Å²) in [5, 5.41) is 103. The van der Waals surface area contributed by atoms with Crippen LogP contribution in [-0.2, 0) is 40.0 Å². The summed E-state index contributed by atoms with van der Waals surface area (Å²) in [6.07, 6.45) is -7.89. The molecule has 458 valence electrons. The van der Waals surface area contributed by atoms with Gasteiger partial charge >= 0.3 is 11.9 Å². The minimum Gasteiger partial charge on any atom is -0.481 e. The zero-order chi connectivity index (χ0) is 60.2. The first kappa shape index (κ1) is 72.1. The van der Waals surface area contributed by atoms with Gasteiger partial charge in [0.15, 0.2) is 0 Å². The van der Waals surface area contributed by atoms with Crippen molar-refractivity contribution in [1.82, 2.24) is 53.2 Å². The molecule has 0 unspecified atom stereocenters. The summed E-state index contributed by atoms with van der Waals surface area (Å²) in [6, 6.07) is -0.576. The number of unbranched alkanes of at least 4 members (excludes halogenated alkanes) is 2. The van der Waals surface area contributed by atoms with Gasteiger partial charge in [-0.2, -0.15) is 23.5 Å². The highest BCUT2D eigenvalue weighted by atomic mass is 32.2. The number of carbonyl (C=O) groups is 7. The van der Waals surface area contributed by atoms with Gasteiger partial charge in [0.2, 0.25) is 29.5 Å². The van der Waals surface area contributed by atoms with Crippen molar-refractivity contribution >= 4 is 76.8 Å². The number of aliphatic hydroxyl groups is 5. The van der Waals surface area contributed by atoms with Crippen LogP contribution in [0.1, 0.15) is 98.5 Å². The van der Waals surface area contributed by atoms with E-state index in [4.69, 9.17) is 17.2 Å². The van der Waals surface area contributed by atoms with Crippen LogP contribution in [0.5, 0.6) is 0 Å². The largest absolute Gasteiger partial charge is 0.481 e. The molecule has 5 amide bonds. The Labute approximate surface area is 481 Å². The second kappa shape index (κ2) is 37.3. The number of benzene rings is 1. The molecule has 0 bridgehead atoms. The molecule has 1 aliphatic heterocycles. The van der Waals surface area contributed by atoms with Gasteiger partial charge in [0.25, 0.3) is 0 Å². The van der Waals surface area contributed by atoms with Gasteiger partial charge in [-0.05, 0) is 50.6 Å². The first-order valence-corrected chi connectivity index (χ1v) is 29.8. The van der Waals surface area contributed by atoms with E-state index in [9.17, 15) is 69.3 Å². The van der Waals surface area contributed by atoms with Crippen molar-refractivity contribution in [2.75, 3.05) is 42.6 Å². The fourth-order valence-corrected chi connectivity index (χ4v) is 10.5. The Balaban J connectivity index is 2.76. The summed E-state index contributed by atoms with van der Waals surface area (Å²) in [5.74, 6) is -7.69. The van der Waals surface area contributed by atoms with Gasteiger partial charge in [0.1, 0.15) is 49.5 Å². The quantitative estimate of drug-likeness (QED) is 0.0391. The van der Waals surface area contributed by atoms with Crippen molar-refractivity contribution in [3.63, 3.8) is 0 Å². The molecule has 1 aromatic rings. The molecule has 27 nitrogen and oxygen atoms in total. The number of amides is 5. The fourth-order valence-electron chi connectivity index (χ4n) is 7.74. The summed E-state index contributed by atoms with van der Waals surface area (Å²) in [7, 11) is 0. The van der Waals surface area contributed by atoms with Crippen LogP contribution in [0.15, 0.2) is 30.3 Å². The molecule has 0 spiro atoms. The predicted octanol–water partition coefficient (Wildman–Crippen LogP) is -3.81. The molecule has 0 aromatic heterocycles. The van der Waals surface area contributed by atoms with E-state index in [1.54, 1.807) is 30.3 Å². The van der Waals surface area contributed by atoms with Crippen LogP contribution in [0.3, 0.4) is 0 Å². The van der Waals surface area contributed by atoms with Crippen LogP contribution in [-0.4, -0.2) is 209 Å². The van der Waals surface area contributed by atoms with E-state index in [-0.39, 0.29) is 49.6 Å². The molecule has 1 heterocycles. The highest BCUT2D eigenvalue weighted by Gasteiger charge is 2.36. The number of aliphatic carboxylic acids is 2. The monoisotopic (exact) mass is 1190 g/mol. The van der Waals surface area contributed by atoms with Crippen LogP contribution in [0, 0.1) is 0 Å². The minimum atomic E-state index is -1.72. The number of carbonyl (C=O) groups excluding carboxylic acids is 5. The average molecular weight is 1190 g/mol. The number of aliphatic hydroxyl groups excluding tert-OH is 5. The first-order chi connectivity index (χ1) is 37.4. The van der Waals surface area contributed by atoms with Gasteiger partial charge in [0, 0.05) is 39.8 Å². The Kier molecular flexibility index (Phi) is 33.6. The van der Waals surface area contributed by atoms with Gasteiger partial charge in [0.05, 0.1) is 48.8 Å². The summed E-state index contributed by atoms with van der Waals surface area (Å²) < 4.78 is -0.883. The van der Waals surface area contributed by atoms with Gasteiger partial charge in [-0.3, -0.25) is 60.1 Å². The summed E-state index contributed by atoms with van der Waals surface area (Å²) in [6.45, 7) is 11.2. The molecule has 1 fully saturated rings. The number of nitrogens with two attached hydrogens (primary N) is 3. The molecule has 1 aromatic carbocycles. The van der Waals surface area contributed by atoms with Crippen LogP contribution in [0.2, 0.25) is 0 Å². The Bertz CT molecular complexity index is 2050. The van der Waals surface area contributed by atoms with E-state index in [2.05, 4.69) is 53.2 Å². The lowest BCUT2D eigenvalue weighted by molar-refractivity contribution is -0.141. The molecule has 1 aliphatic rings. The molecule has 1 saturated heterocycles. The van der Waals surface area contributed by atoms with Gasteiger partial charge in [-0.15, -0.1) is 11.8 Å². The minimum absolute atomic E-state index is 0.0355. The molecular weight excluding hydrogens is 1100 g/mol. The van der Waals surface area contributed by atoms with E-state index >= 15 is 0 Å². The highest BCUT2D eigenvalue weighted by molar-refractivity contribution is 8.01. The number of hydrogen-bond donors (Lipinski definition) is 20. The number of hydrogen-bond acceptors (Lipinski definition) is 23. The fraction of sp³-hybridized carbons (Fsp3) is 0.740. The molecule has 2 rings (SSSR count). The second-order valence-electron chi connectivity index (χ2n) is 21.5. The molecule has 23 N–H and O–H groups in total. The molecule has 0 saturated carbocycles. The third kappa shape index (κ3) is 32.0. The second-order valence-corrected chi connectivity index (χ2v) is 26.2. The lowest BCUT2D eigenvalue weighted by atomic mass is 10.0. The van der Waals surface area contributed by atoms with Crippen LogP contribution in [0.25, 0.3) is 0 Å². The molecule has 0 aliphatic carbocycles. The summed E-state index contributed by atoms with van der Waals surface area (Å²) in [5.41, 5.74) is 17.4. The van der Waals surface area contributed by atoms with E-state index < -0.39 is 156 Å². The van der Waals surface area contributed by atoms with Crippen molar-refractivity contribution in [1.29, 1.82) is 0 Å². The van der Waals surface area contributed by atoms with Crippen LogP contribution in [0.4, 0.5) is 0 Å². The van der Waals surface area contributed by atoms with E-state index in [0.29, 0.717) is 31.2 Å². The number of β-amino-alcohol motifs (C(OH)–C–C–N with tert-alkyl or cyclic N) is 1.